The Morgan fingerprint density at radius 2 is 2.08 bits per heavy atom. The first-order valence-corrected chi connectivity index (χ1v) is 9.31. The fraction of sp³-hybridized carbons (Fsp3) is 0.833. The molecule has 2 aliphatic heterocycles. The summed E-state index contributed by atoms with van der Waals surface area (Å²) < 4.78 is 5.23. The first kappa shape index (κ1) is 17.4. The van der Waals surface area contributed by atoms with Gasteiger partial charge >= 0.3 is 0 Å². The number of aryl methyl sites for hydroxylation is 1. The molecule has 6 nitrogen and oxygen atoms in total. The van der Waals surface area contributed by atoms with E-state index in [4.69, 9.17) is 4.52 Å². The van der Waals surface area contributed by atoms with E-state index in [1.807, 2.05) is 6.92 Å². The molecule has 1 atom stereocenters. The Hall–Kier alpha value is -1.43. The van der Waals surface area contributed by atoms with Crippen molar-refractivity contribution in [3.05, 3.63) is 11.7 Å². The number of nitrogens with zero attached hydrogens (tertiary/aromatic N) is 4. The van der Waals surface area contributed by atoms with E-state index in [1.165, 1.54) is 0 Å². The van der Waals surface area contributed by atoms with Crippen LogP contribution in [0.3, 0.4) is 0 Å². The maximum Gasteiger partial charge on any atom is 0.229 e. The molecule has 2 fully saturated rings. The highest BCUT2D eigenvalue weighted by Gasteiger charge is 2.40. The summed E-state index contributed by atoms with van der Waals surface area (Å²) in [4.78, 5) is 21.9. The lowest BCUT2D eigenvalue weighted by Crippen LogP contribution is -2.53. The average molecular weight is 334 g/mol. The van der Waals surface area contributed by atoms with Gasteiger partial charge < -0.3 is 14.3 Å². The number of piperidine rings is 2. The summed E-state index contributed by atoms with van der Waals surface area (Å²) in [5.41, 5.74) is -0.204. The molecule has 0 saturated carbocycles. The zero-order valence-corrected chi connectivity index (χ0v) is 15.3. The van der Waals surface area contributed by atoms with Crippen LogP contribution in [0.1, 0.15) is 51.2 Å². The molecule has 6 heteroatoms. The van der Waals surface area contributed by atoms with Gasteiger partial charge in [0.25, 0.3) is 0 Å². The number of hydrogen-bond donors (Lipinski definition) is 0. The first-order chi connectivity index (χ1) is 11.5. The molecule has 1 unspecified atom stereocenters. The lowest BCUT2D eigenvalue weighted by atomic mass is 9.79. The zero-order valence-electron chi connectivity index (χ0n) is 15.3. The van der Waals surface area contributed by atoms with Crippen molar-refractivity contribution in [2.45, 2.75) is 52.9 Å². The second-order valence-corrected chi connectivity index (χ2v) is 7.71. The van der Waals surface area contributed by atoms with Crippen molar-refractivity contribution in [3.63, 3.8) is 0 Å². The molecule has 0 bridgehead atoms. The monoisotopic (exact) mass is 334 g/mol. The van der Waals surface area contributed by atoms with Gasteiger partial charge in [0, 0.05) is 26.1 Å². The van der Waals surface area contributed by atoms with Crippen molar-refractivity contribution in [3.8, 4) is 0 Å². The van der Waals surface area contributed by atoms with Crippen LogP contribution < -0.4 is 0 Å². The highest BCUT2D eigenvalue weighted by Crippen LogP contribution is 2.33. The van der Waals surface area contributed by atoms with Gasteiger partial charge in [-0.2, -0.15) is 4.98 Å². The summed E-state index contributed by atoms with van der Waals surface area (Å²) in [6, 6.07) is 0. The summed E-state index contributed by atoms with van der Waals surface area (Å²) in [6.45, 7) is 11.0. The summed E-state index contributed by atoms with van der Waals surface area (Å²) in [7, 11) is 0. The van der Waals surface area contributed by atoms with Crippen LogP contribution in [0.2, 0.25) is 0 Å². The third kappa shape index (κ3) is 3.79. The predicted octanol–water partition coefficient (Wildman–Crippen LogP) is 2.28. The third-order valence-corrected chi connectivity index (χ3v) is 5.67. The molecule has 0 spiro atoms. The predicted molar refractivity (Wildman–Crippen MR) is 91.5 cm³/mol. The molecular weight excluding hydrogens is 304 g/mol. The molecule has 1 aromatic rings. The Bertz CT molecular complexity index is 565. The minimum absolute atomic E-state index is 0.204. The van der Waals surface area contributed by atoms with Crippen molar-refractivity contribution < 1.29 is 9.32 Å². The fourth-order valence-corrected chi connectivity index (χ4v) is 4.18. The van der Waals surface area contributed by atoms with Gasteiger partial charge in [-0.25, -0.2) is 0 Å². The van der Waals surface area contributed by atoms with Crippen LogP contribution in [0.5, 0.6) is 0 Å². The lowest BCUT2D eigenvalue weighted by molar-refractivity contribution is -0.146. The molecule has 3 heterocycles. The maximum atomic E-state index is 13.1. The van der Waals surface area contributed by atoms with Crippen LogP contribution in [-0.2, 0) is 11.2 Å². The highest BCUT2D eigenvalue weighted by atomic mass is 16.5. The van der Waals surface area contributed by atoms with E-state index in [-0.39, 0.29) is 5.41 Å². The van der Waals surface area contributed by atoms with E-state index in [2.05, 4.69) is 33.8 Å². The number of aromatic nitrogens is 2. The fourth-order valence-electron chi connectivity index (χ4n) is 4.18. The number of hydrogen-bond acceptors (Lipinski definition) is 5. The highest BCUT2D eigenvalue weighted by molar-refractivity contribution is 5.82. The van der Waals surface area contributed by atoms with Crippen molar-refractivity contribution in [2.75, 3.05) is 32.7 Å². The Morgan fingerprint density at radius 1 is 1.33 bits per heavy atom. The smallest absolute Gasteiger partial charge is 0.229 e. The number of carbonyl (C=O) groups excluding carboxylic acids is 1. The number of rotatable bonds is 4. The minimum atomic E-state index is -0.204. The van der Waals surface area contributed by atoms with Crippen molar-refractivity contribution in [1.82, 2.24) is 19.9 Å². The standard InChI is InChI=1S/C18H30N4O2/c1-4-21-9-5-8-18(3,13-21)17(23)22-10-6-15(7-11-22)12-16-19-14(2)20-24-16/h15H,4-13H2,1-3H3. The zero-order chi connectivity index (χ0) is 17.2. The Balaban J connectivity index is 1.53. The van der Waals surface area contributed by atoms with Gasteiger partial charge in [-0.3, -0.25) is 4.79 Å². The second-order valence-electron chi connectivity index (χ2n) is 7.71. The molecule has 0 N–H and O–H groups in total. The van der Waals surface area contributed by atoms with Crippen molar-refractivity contribution in [1.29, 1.82) is 0 Å². The van der Waals surface area contributed by atoms with Crippen LogP contribution in [0.4, 0.5) is 0 Å². The van der Waals surface area contributed by atoms with Crippen LogP contribution in [0, 0.1) is 18.3 Å². The van der Waals surface area contributed by atoms with Crippen LogP contribution in [-0.4, -0.2) is 58.6 Å². The van der Waals surface area contributed by atoms with Crippen LogP contribution in [0.15, 0.2) is 4.52 Å². The molecule has 2 aliphatic rings. The van der Waals surface area contributed by atoms with Gasteiger partial charge in [0.2, 0.25) is 11.8 Å². The number of amides is 1. The SMILES string of the molecule is CCN1CCCC(C)(C(=O)N2CCC(Cc3nc(C)no3)CC2)C1. The second kappa shape index (κ2) is 7.21. The normalized spacial score (nSPS) is 26.7. The number of carbonyl (C=O) groups is 1. The van der Waals surface area contributed by atoms with E-state index in [0.717, 1.165) is 70.7 Å². The average Bonchev–Trinajstić information content (AvgIpc) is 3.00. The summed E-state index contributed by atoms with van der Waals surface area (Å²) >= 11 is 0. The van der Waals surface area contributed by atoms with Gasteiger partial charge in [0.15, 0.2) is 5.82 Å². The van der Waals surface area contributed by atoms with E-state index in [9.17, 15) is 4.79 Å². The van der Waals surface area contributed by atoms with E-state index in [0.29, 0.717) is 17.6 Å². The first-order valence-electron chi connectivity index (χ1n) is 9.31. The Kier molecular flexibility index (Phi) is 5.23. The molecule has 1 amide bonds. The van der Waals surface area contributed by atoms with Gasteiger partial charge in [-0.1, -0.05) is 12.1 Å². The van der Waals surface area contributed by atoms with Crippen molar-refractivity contribution in [2.24, 2.45) is 11.3 Å². The van der Waals surface area contributed by atoms with Crippen LogP contribution in [0.25, 0.3) is 0 Å². The lowest BCUT2D eigenvalue weighted by Gasteiger charge is -2.43. The Morgan fingerprint density at radius 3 is 2.71 bits per heavy atom. The molecule has 3 rings (SSSR count). The molecular formula is C18H30N4O2. The topological polar surface area (TPSA) is 62.5 Å². The molecule has 0 aromatic carbocycles. The summed E-state index contributed by atoms with van der Waals surface area (Å²) in [5, 5.41) is 3.86. The summed E-state index contributed by atoms with van der Waals surface area (Å²) in [5.74, 6) is 2.33. The van der Waals surface area contributed by atoms with Gasteiger partial charge in [0.1, 0.15) is 0 Å². The molecule has 0 radical (unpaired) electrons. The molecule has 1 aromatic heterocycles. The maximum absolute atomic E-state index is 13.1. The minimum Gasteiger partial charge on any atom is -0.342 e. The quantitative estimate of drug-likeness (QED) is 0.845. The largest absolute Gasteiger partial charge is 0.342 e. The van der Waals surface area contributed by atoms with Crippen molar-refractivity contribution >= 4 is 5.91 Å². The van der Waals surface area contributed by atoms with E-state index < -0.39 is 0 Å². The third-order valence-electron chi connectivity index (χ3n) is 5.67. The van der Waals surface area contributed by atoms with Gasteiger partial charge in [-0.05, 0) is 58.5 Å². The molecule has 24 heavy (non-hydrogen) atoms. The number of likely N-dealkylation sites (tertiary alicyclic amines) is 2. The van der Waals surface area contributed by atoms with E-state index in [1.54, 1.807) is 0 Å². The Labute approximate surface area is 144 Å². The molecule has 134 valence electrons. The molecule has 2 saturated heterocycles. The van der Waals surface area contributed by atoms with Gasteiger partial charge in [-0.15, -0.1) is 0 Å². The van der Waals surface area contributed by atoms with E-state index >= 15 is 0 Å². The van der Waals surface area contributed by atoms with Gasteiger partial charge in [0.05, 0.1) is 5.41 Å². The molecule has 0 aliphatic carbocycles. The summed E-state index contributed by atoms with van der Waals surface area (Å²) in [6.07, 6.45) is 5.04. The van der Waals surface area contributed by atoms with Crippen LogP contribution >= 0.6 is 0 Å².